The van der Waals surface area contributed by atoms with Gasteiger partial charge in [-0.1, -0.05) is 36.4 Å². The van der Waals surface area contributed by atoms with Crippen molar-refractivity contribution in [3.05, 3.63) is 101 Å². The van der Waals surface area contributed by atoms with Crippen molar-refractivity contribution in [2.75, 3.05) is 26.5 Å². The number of carbonyl (C=O) groups is 2. The highest BCUT2D eigenvalue weighted by molar-refractivity contribution is 5.96. The third-order valence-corrected chi connectivity index (χ3v) is 8.11. The van der Waals surface area contributed by atoms with Gasteiger partial charge in [-0.15, -0.1) is 0 Å². The number of aromatic amines is 1. The van der Waals surface area contributed by atoms with Gasteiger partial charge in [0.05, 0.1) is 12.1 Å². The lowest BCUT2D eigenvalue weighted by atomic mass is 9.92. The Labute approximate surface area is 237 Å². The normalized spacial score (nSPS) is 19.6. The molecule has 41 heavy (non-hydrogen) atoms. The van der Waals surface area contributed by atoms with Crippen LogP contribution in [0.3, 0.4) is 0 Å². The predicted molar refractivity (Wildman–Crippen MR) is 155 cm³/mol. The minimum Gasteiger partial charge on any atom is -0.454 e. The highest BCUT2D eigenvalue weighted by Gasteiger charge is 2.34. The second-order valence-electron chi connectivity index (χ2n) is 10.7. The van der Waals surface area contributed by atoms with E-state index in [0.29, 0.717) is 30.2 Å². The van der Waals surface area contributed by atoms with Crippen LogP contribution in [0.25, 0.3) is 17.0 Å². The first-order valence-corrected chi connectivity index (χ1v) is 14.1. The molecule has 0 saturated carbocycles. The van der Waals surface area contributed by atoms with E-state index in [0.717, 1.165) is 48.2 Å². The number of ether oxygens (including phenoxy) is 3. The maximum atomic E-state index is 13.8. The maximum Gasteiger partial charge on any atom is 0.251 e. The molecule has 4 aromatic rings. The first-order valence-electron chi connectivity index (χ1n) is 14.1. The van der Waals surface area contributed by atoms with Crippen molar-refractivity contribution in [1.82, 2.24) is 15.2 Å². The molecule has 4 heterocycles. The summed E-state index contributed by atoms with van der Waals surface area (Å²) in [6, 6.07) is 21.1. The van der Waals surface area contributed by atoms with Crippen molar-refractivity contribution in [2.45, 2.75) is 31.4 Å². The summed E-state index contributed by atoms with van der Waals surface area (Å²) in [4.78, 5) is 32.0. The number of rotatable bonds is 6. The summed E-state index contributed by atoms with van der Waals surface area (Å²) in [5.74, 6) is 1.14. The van der Waals surface area contributed by atoms with Crippen molar-refractivity contribution in [1.29, 1.82) is 0 Å². The third-order valence-electron chi connectivity index (χ3n) is 8.11. The van der Waals surface area contributed by atoms with Gasteiger partial charge < -0.3 is 29.4 Å². The van der Waals surface area contributed by atoms with E-state index in [9.17, 15) is 9.59 Å². The van der Waals surface area contributed by atoms with Crippen LogP contribution >= 0.6 is 0 Å². The molecule has 7 rings (SSSR count). The fourth-order valence-electron chi connectivity index (χ4n) is 6.07. The van der Waals surface area contributed by atoms with Crippen LogP contribution in [0.1, 0.15) is 51.6 Å². The highest BCUT2D eigenvalue weighted by atomic mass is 16.7. The van der Waals surface area contributed by atoms with Crippen molar-refractivity contribution in [3.63, 3.8) is 0 Å². The lowest BCUT2D eigenvalue weighted by molar-refractivity contribution is -0.128. The fraction of sp³-hybridized carbons (Fsp3) is 0.273. The largest absolute Gasteiger partial charge is 0.454 e. The molecule has 3 aromatic carbocycles. The van der Waals surface area contributed by atoms with Crippen LogP contribution in [0.5, 0.6) is 11.5 Å². The van der Waals surface area contributed by atoms with Gasteiger partial charge >= 0.3 is 0 Å². The van der Waals surface area contributed by atoms with E-state index < -0.39 is 0 Å². The molecule has 1 fully saturated rings. The minimum absolute atomic E-state index is 0.0830. The molecular formula is C33H31N3O5. The molecule has 0 radical (unpaired) electrons. The van der Waals surface area contributed by atoms with Crippen LogP contribution in [0.4, 0.5) is 0 Å². The lowest BCUT2D eigenvalue weighted by Crippen LogP contribution is -2.39. The number of amides is 2. The molecule has 2 amide bonds. The SMILES string of the molecule is O=C(NCC1CCCO1)c1cccc(/C=C/C(=O)N2CCc3c([nH]c4ccccc34)C2c2ccc3c(c2)OCO3)c1. The zero-order valence-corrected chi connectivity index (χ0v) is 22.6. The number of para-hydroxylation sites is 1. The second-order valence-corrected chi connectivity index (χ2v) is 10.7. The summed E-state index contributed by atoms with van der Waals surface area (Å²) in [7, 11) is 0. The molecule has 2 N–H and O–H groups in total. The molecule has 8 heteroatoms. The van der Waals surface area contributed by atoms with E-state index in [1.165, 1.54) is 10.9 Å². The van der Waals surface area contributed by atoms with Crippen LogP contribution in [-0.4, -0.2) is 54.3 Å². The number of fused-ring (bicyclic) bond motifs is 4. The standard InChI is InChI=1S/C33H31N3O5/c37-30(13-10-21-5-3-6-23(17-21)33(38)34-19-24-7-4-16-39-24)36-15-14-26-25-8-1-2-9-27(25)35-31(26)32(36)22-11-12-28-29(18-22)41-20-40-28/h1-3,5-6,8-13,17-18,24,32,35H,4,7,14-16,19-20H2,(H,34,38)/b13-10+. The summed E-state index contributed by atoms with van der Waals surface area (Å²) in [6.07, 6.45) is 6.20. The maximum absolute atomic E-state index is 13.8. The molecular weight excluding hydrogens is 518 g/mol. The van der Waals surface area contributed by atoms with Gasteiger partial charge in [0.1, 0.15) is 0 Å². The van der Waals surface area contributed by atoms with E-state index in [2.05, 4.69) is 22.4 Å². The van der Waals surface area contributed by atoms with E-state index in [-0.39, 0.29) is 30.8 Å². The van der Waals surface area contributed by atoms with Crippen molar-refractivity contribution < 1.29 is 23.8 Å². The molecule has 3 aliphatic rings. The lowest BCUT2D eigenvalue weighted by Gasteiger charge is -2.35. The highest BCUT2D eigenvalue weighted by Crippen LogP contribution is 2.42. The predicted octanol–water partition coefficient (Wildman–Crippen LogP) is 4.99. The Morgan fingerprint density at radius 2 is 1.93 bits per heavy atom. The van der Waals surface area contributed by atoms with E-state index in [1.54, 1.807) is 24.3 Å². The Bertz CT molecular complexity index is 1650. The Hall–Kier alpha value is -4.56. The number of aromatic nitrogens is 1. The molecule has 0 aliphatic carbocycles. The number of nitrogens with one attached hydrogen (secondary N) is 2. The Kier molecular flexibility index (Phi) is 6.68. The summed E-state index contributed by atoms with van der Waals surface area (Å²) >= 11 is 0. The summed E-state index contributed by atoms with van der Waals surface area (Å²) < 4.78 is 16.8. The van der Waals surface area contributed by atoms with Crippen molar-refractivity contribution in [2.24, 2.45) is 0 Å². The first-order chi connectivity index (χ1) is 20.1. The molecule has 0 bridgehead atoms. The van der Waals surface area contributed by atoms with Crippen LogP contribution in [0.15, 0.2) is 72.8 Å². The van der Waals surface area contributed by atoms with Gasteiger partial charge in [-0.3, -0.25) is 9.59 Å². The number of nitrogens with zero attached hydrogens (tertiary/aromatic N) is 1. The first kappa shape index (κ1) is 25.4. The Morgan fingerprint density at radius 1 is 1.02 bits per heavy atom. The molecule has 1 aromatic heterocycles. The molecule has 2 unspecified atom stereocenters. The summed E-state index contributed by atoms with van der Waals surface area (Å²) in [5, 5.41) is 4.15. The summed E-state index contributed by atoms with van der Waals surface area (Å²) in [6.45, 7) is 2.02. The average molecular weight is 550 g/mol. The summed E-state index contributed by atoms with van der Waals surface area (Å²) in [5.41, 5.74) is 5.60. The van der Waals surface area contributed by atoms with Crippen molar-refractivity contribution in [3.8, 4) is 11.5 Å². The van der Waals surface area contributed by atoms with E-state index in [4.69, 9.17) is 14.2 Å². The van der Waals surface area contributed by atoms with E-state index in [1.807, 2.05) is 47.4 Å². The average Bonchev–Trinajstić information content (AvgIpc) is 3.78. The van der Waals surface area contributed by atoms with Gasteiger partial charge in [0.15, 0.2) is 11.5 Å². The van der Waals surface area contributed by atoms with Gasteiger partial charge in [0, 0.05) is 47.9 Å². The van der Waals surface area contributed by atoms with Crippen LogP contribution in [0.2, 0.25) is 0 Å². The molecule has 8 nitrogen and oxygen atoms in total. The zero-order chi connectivity index (χ0) is 27.8. The molecule has 0 spiro atoms. The number of hydrogen-bond acceptors (Lipinski definition) is 5. The second kappa shape index (κ2) is 10.8. The third kappa shape index (κ3) is 4.95. The Balaban J connectivity index is 1.15. The van der Waals surface area contributed by atoms with Crippen molar-refractivity contribution >= 4 is 28.8 Å². The molecule has 208 valence electrons. The Morgan fingerprint density at radius 3 is 2.83 bits per heavy atom. The number of hydrogen-bond donors (Lipinski definition) is 2. The monoisotopic (exact) mass is 549 g/mol. The zero-order valence-electron chi connectivity index (χ0n) is 22.6. The topological polar surface area (TPSA) is 92.9 Å². The quantitative estimate of drug-likeness (QED) is 0.331. The smallest absolute Gasteiger partial charge is 0.251 e. The van der Waals surface area contributed by atoms with Gasteiger partial charge in [-0.2, -0.15) is 0 Å². The van der Waals surface area contributed by atoms with Crippen LogP contribution in [-0.2, 0) is 16.0 Å². The van der Waals surface area contributed by atoms with Gasteiger partial charge in [-0.25, -0.2) is 0 Å². The van der Waals surface area contributed by atoms with E-state index >= 15 is 0 Å². The van der Waals surface area contributed by atoms with Gasteiger partial charge in [0.2, 0.25) is 12.7 Å². The van der Waals surface area contributed by atoms with Crippen LogP contribution < -0.4 is 14.8 Å². The fourth-order valence-corrected chi connectivity index (χ4v) is 6.07. The number of benzene rings is 3. The molecule has 1 saturated heterocycles. The molecule has 2 atom stereocenters. The van der Waals surface area contributed by atoms with Gasteiger partial charge in [-0.05, 0) is 72.4 Å². The van der Waals surface area contributed by atoms with Gasteiger partial charge in [0.25, 0.3) is 5.91 Å². The minimum atomic E-state index is -0.312. The number of H-pyrrole nitrogens is 1. The van der Waals surface area contributed by atoms with Crippen LogP contribution in [0, 0.1) is 0 Å². The number of carbonyl (C=O) groups excluding carboxylic acids is 2. The molecule has 3 aliphatic heterocycles.